The average Bonchev–Trinajstić information content (AvgIpc) is 3.30. The minimum atomic E-state index is -0.427. The lowest BCUT2D eigenvalue weighted by atomic mass is 9.32. The summed E-state index contributed by atoms with van der Waals surface area (Å²) in [6, 6.07) is 0. The Hall–Kier alpha value is -1.71. The van der Waals surface area contributed by atoms with Crippen molar-refractivity contribution >= 4 is 17.9 Å². The molecule has 9 nitrogen and oxygen atoms in total. The van der Waals surface area contributed by atoms with Crippen molar-refractivity contribution in [3.05, 3.63) is 0 Å². The van der Waals surface area contributed by atoms with E-state index in [0.29, 0.717) is 107 Å². The molecule has 0 amide bonds. The zero-order chi connectivity index (χ0) is 47.7. The van der Waals surface area contributed by atoms with Crippen LogP contribution in [-0.4, -0.2) is 66.8 Å². The maximum atomic E-state index is 12.9. The van der Waals surface area contributed by atoms with Gasteiger partial charge in [0.05, 0.1) is 33.6 Å². The van der Waals surface area contributed by atoms with E-state index >= 15 is 0 Å². The summed E-state index contributed by atoms with van der Waals surface area (Å²) in [5.41, 5.74) is -2.55. The highest BCUT2D eigenvalue weighted by Crippen LogP contribution is 2.77. The van der Waals surface area contributed by atoms with E-state index in [-0.39, 0.29) is 73.9 Å². The lowest BCUT2D eigenvalue weighted by molar-refractivity contribution is -0.345. The highest BCUT2D eigenvalue weighted by molar-refractivity contribution is 5.77. The van der Waals surface area contributed by atoms with Crippen molar-refractivity contribution < 1.29 is 43.9 Å². The molecule has 24 bridgehead atoms. The van der Waals surface area contributed by atoms with E-state index in [1.165, 1.54) is 51.4 Å². The van der Waals surface area contributed by atoms with Crippen molar-refractivity contribution in [2.45, 2.75) is 246 Å². The van der Waals surface area contributed by atoms with Crippen LogP contribution in [0.15, 0.2) is 0 Å². The number of esters is 3. The first kappa shape index (κ1) is 52.7. The molecule has 0 heterocycles. The van der Waals surface area contributed by atoms with E-state index < -0.39 is 16.6 Å². The summed E-state index contributed by atoms with van der Waals surface area (Å²) in [5.74, 6) is 10.3. The highest BCUT2D eigenvalue weighted by atomic mass is 16.6. The third-order valence-corrected chi connectivity index (χ3v) is 25.9. The summed E-state index contributed by atoms with van der Waals surface area (Å²) in [5, 5.41) is 33.7. The van der Waals surface area contributed by atoms with Crippen molar-refractivity contribution in [2.75, 3.05) is 0 Å². The van der Waals surface area contributed by atoms with Crippen LogP contribution in [0.2, 0.25) is 0 Å². The molecule has 0 radical (unpaired) electrons. The number of hydrogen-bond acceptors (Lipinski definition) is 9. The Morgan fingerprint density at radius 3 is 1.13 bits per heavy atom. The second kappa shape index (κ2) is 16.6. The molecule has 21 fully saturated rings. The lowest BCUT2D eigenvalue weighted by Gasteiger charge is -2.75. The predicted molar refractivity (Wildman–Crippen MR) is 275 cm³/mol. The smallest absolute Gasteiger partial charge is 0.312 e. The fraction of sp³-hybridized carbons (Fsp3) is 0.952. The largest absolute Gasteiger partial charge is 0.459 e. The molecular formula is C62H100O9. The zero-order valence-electron chi connectivity index (χ0n) is 43.1. The van der Waals surface area contributed by atoms with Crippen LogP contribution in [0.3, 0.4) is 0 Å². The quantitative estimate of drug-likeness (QED) is 0.152. The van der Waals surface area contributed by atoms with Gasteiger partial charge in [0.25, 0.3) is 0 Å². The summed E-state index contributed by atoms with van der Waals surface area (Å²) in [7, 11) is 0. The van der Waals surface area contributed by atoms with Gasteiger partial charge in [0.15, 0.2) is 0 Å². The SMILES string of the molecule is C.C.C.CCC(C)(C)C(=O)OC12CC3C4CC5(O)CC3C(C1)C(C5)C4C2.CCC(C)(C)C(=O)OC12CC3CC4C1CC1CC2C(C3)C4(O)C1.CCC(C)C(=O)OC12CC3CC4C1CC1CC2C(C3)C4(O)C1. The molecule has 9 heteroatoms. The van der Waals surface area contributed by atoms with E-state index in [2.05, 4.69) is 20.8 Å². The van der Waals surface area contributed by atoms with Crippen molar-refractivity contribution in [3.8, 4) is 0 Å². The first-order valence-corrected chi connectivity index (χ1v) is 28.9. The Labute approximate surface area is 429 Å². The molecule has 21 aliphatic carbocycles. The van der Waals surface area contributed by atoms with Gasteiger partial charge in [-0.2, -0.15) is 0 Å². The summed E-state index contributed by atoms with van der Waals surface area (Å²) in [6.45, 7) is 16.2. The van der Waals surface area contributed by atoms with Crippen LogP contribution >= 0.6 is 0 Å². The Balaban J connectivity index is 0.000000120. The highest BCUT2D eigenvalue weighted by Gasteiger charge is 2.79. The molecule has 0 spiro atoms. The van der Waals surface area contributed by atoms with E-state index in [9.17, 15) is 29.7 Å². The van der Waals surface area contributed by atoms with Crippen LogP contribution in [0.4, 0.5) is 0 Å². The van der Waals surface area contributed by atoms with Crippen LogP contribution in [0, 0.1) is 123 Å². The maximum absolute atomic E-state index is 12.9. The first-order chi connectivity index (χ1) is 32.0. The fourth-order valence-electron chi connectivity index (χ4n) is 22.5. The molecule has 0 saturated heterocycles. The van der Waals surface area contributed by atoms with Gasteiger partial charge in [-0.15, -0.1) is 0 Å². The average molecular weight is 989 g/mol. The monoisotopic (exact) mass is 989 g/mol. The van der Waals surface area contributed by atoms with Crippen LogP contribution < -0.4 is 0 Å². The van der Waals surface area contributed by atoms with Gasteiger partial charge in [-0.25, -0.2) is 0 Å². The molecule has 0 aromatic carbocycles. The Morgan fingerprint density at radius 1 is 0.465 bits per heavy atom. The standard InChI is InChI=1S/2C20H30O3.C19H28O3.3CH4/c1-4-18(2,3)17(21)23-20-10-12-5-13-15(20)7-11-8-16(20)14(6-12)19(13,22)9-11;1-4-18(2,3)17(21)23-20-8-14-11-5-19(22)6-12(14)16(10-20)13(7-19)15(11)9-20;1-3-10(2)17(20)22-19-9-12-4-13-15(19)6-11-7-16(19)14(5-12)18(13,21)8-11;;;/h2*11-16,22H,4-10H2,1-3H3;10-16,21H,3-9H2,1-2H3;3*1H4. The second-order valence-electron chi connectivity index (χ2n) is 29.5. The Bertz CT molecular complexity index is 2010. The minimum absolute atomic E-state index is 0. The summed E-state index contributed by atoms with van der Waals surface area (Å²) >= 11 is 0. The fourth-order valence-corrected chi connectivity index (χ4v) is 22.5. The molecule has 9 unspecified atom stereocenters. The minimum Gasteiger partial charge on any atom is -0.459 e. The number of ether oxygens (including phenoxy) is 3. The summed E-state index contributed by atoms with van der Waals surface area (Å²) < 4.78 is 19.0. The number of rotatable bonds is 9. The van der Waals surface area contributed by atoms with Crippen LogP contribution in [-0.2, 0) is 28.6 Å². The number of carbonyl (C=O) groups is 3. The number of carbonyl (C=O) groups excluding carboxylic acids is 3. The normalized spacial score (nSPS) is 54.0. The lowest BCUT2D eigenvalue weighted by Crippen LogP contribution is -2.78. The molecule has 21 aliphatic rings. The Morgan fingerprint density at radius 2 is 0.775 bits per heavy atom. The van der Waals surface area contributed by atoms with Gasteiger partial charge in [0, 0.05) is 23.7 Å². The van der Waals surface area contributed by atoms with Gasteiger partial charge in [-0.05, 0) is 245 Å². The first-order valence-electron chi connectivity index (χ1n) is 28.9. The molecule has 3 N–H and O–H groups in total. The van der Waals surface area contributed by atoms with Crippen molar-refractivity contribution in [3.63, 3.8) is 0 Å². The number of hydrogen-bond donors (Lipinski definition) is 3. The predicted octanol–water partition coefficient (Wildman–Crippen LogP) is 12.1. The van der Waals surface area contributed by atoms with Gasteiger partial charge < -0.3 is 29.5 Å². The molecule has 71 heavy (non-hydrogen) atoms. The van der Waals surface area contributed by atoms with Gasteiger partial charge >= 0.3 is 17.9 Å². The topological polar surface area (TPSA) is 140 Å². The van der Waals surface area contributed by atoms with Gasteiger partial charge in [-0.3, -0.25) is 14.4 Å². The van der Waals surface area contributed by atoms with Crippen LogP contribution in [0.5, 0.6) is 0 Å². The van der Waals surface area contributed by atoms with Gasteiger partial charge in [-0.1, -0.05) is 50.0 Å². The van der Waals surface area contributed by atoms with Crippen LogP contribution in [0.25, 0.3) is 0 Å². The maximum Gasteiger partial charge on any atom is 0.312 e. The van der Waals surface area contributed by atoms with Gasteiger partial charge in [0.1, 0.15) is 16.8 Å². The van der Waals surface area contributed by atoms with Crippen LogP contribution in [0.1, 0.15) is 213 Å². The van der Waals surface area contributed by atoms with E-state index in [1.807, 2.05) is 34.6 Å². The van der Waals surface area contributed by atoms with Crippen molar-refractivity contribution in [1.29, 1.82) is 0 Å². The molecule has 402 valence electrons. The molecule has 0 aromatic rings. The third kappa shape index (κ3) is 6.98. The van der Waals surface area contributed by atoms with Crippen molar-refractivity contribution in [1.82, 2.24) is 0 Å². The summed E-state index contributed by atoms with van der Waals surface area (Å²) in [4.78, 5) is 38.2. The van der Waals surface area contributed by atoms with E-state index in [0.717, 1.165) is 83.5 Å². The van der Waals surface area contributed by atoms with E-state index in [1.54, 1.807) is 0 Å². The molecule has 0 aromatic heterocycles. The molecule has 0 aliphatic heterocycles. The second-order valence-corrected chi connectivity index (χ2v) is 29.5. The van der Waals surface area contributed by atoms with E-state index in [4.69, 9.17) is 14.2 Å². The third-order valence-electron chi connectivity index (χ3n) is 25.9. The zero-order valence-corrected chi connectivity index (χ0v) is 43.1. The Kier molecular flexibility index (Phi) is 12.4. The molecule has 21 rings (SSSR count). The molecular weight excluding hydrogens is 889 g/mol. The molecule has 9 atom stereocenters. The summed E-state index contributed by atoms with van der Waals surface area (Å²) in [6.07, 6.45) is 22.4. The molecule has 21 saturated carbocycles. The van der Waals surface area contributed by atoms with Gasteiger partial charge in [0.2, 0.25) is 0 Å². The van der Waals surface area contributed by atoms with Crippen molar-refractivity contribution in [2.24, 2.45) is 123 Å². The number of aliphatic hydroxyl groups is 3.